The van der Waals surface area contributed by atoms with Crippen molar-refractivity contribution in [2.75, 3.05) is 25.1 Å². The maximum Gasteiger partial charge on any atom is 0.326 e. The van der Waals surface area contributed by atoms with Crippen LogP contribution in [0.25, 0.3) is 0 Å². The highest BCUT2D eigenvalue weighted by Crippen LogP contribution is 2.09. The number of carboxylic acid groups (broad SMARTS) is 3. The van der Waals surface area contributed by atoms with Gasteiger partial charge in [-0.25, -0.2) is 4.79 Å². The quantitative estimate of drug-likeness (QED) is 0.0182. The molecule has 0 saturated carbocycles. The Kier molecular flexibility index (Phi) is 24.8. The van der Waals surface area contributed by atoms with Gasteiger partial charge in [-0.2, -0.15) is 11.8 Å². The lowest BCUT2D eigenvalue weighted by atomic mass is 10.0. The Bertz CT molecular complexity index is 1470. The monoisotopic (exact) mass is 833 g/mol. The molecule has 322 valence electrons. The van der Waals surface area contributed by atoms with E-state index in [1.165, 1.54) is 11.8 Å². The number of nitrogens with one attached hydrogen (secondary N) is 5. The summed E-state index contributed by atoms with van der Waals surface area (Å²) in [5.41, 5.74) is 32.3. The van der Waals surface area contributed by atoms with Gasteiger partial charge >= 0.3 is 17.9 Å². The number of rotatable bonds is 30. The van der Waals surface area contributed by atoms with Gasteiger partial charge < -0.3 is 76.3 Å². The van der Waals surface area contributed by atoms with E-state index in [1.54, 1.807) is 6.26 Å². The summed E-state index contributed by atoms with van der Waals surface area (Å²) in [5.74, 6) is -10.3. The SMILES string of the molecule is CSCC[C@H](NC(=O)[C@H](CC(=O)O)NC(=O)[C@@H](N)CCC(=O)O)C(=O)N[C@@H](CCC(N)=O)C(=O)N[C@@H](CCCN=C(N)N)C(=O)N[C@@H](CCCN=C(N)N)C(=O)O. The molecule has 6 amide bonds. The summed E-state index contributed by atoms with van der Waals surface area (Å²) < 4.78 is 0. The molecule has 0 aliphatic rings. The van der Waals surface area contributed by atoms with E-state index < -0.39 is 115 Å². The summed E-state index contributed by atoms with van der Waals surface area (Å²) in [6.07, 6.45) is -0.942. The van der Waals surface area contributed by atoms with Crippen LogP contribution in [0, 0.1) is 0 Å². The van der Waals surface area contributed by atoms with Crippen LogP contribution in [-0.4, -0.2) is 142 Å². The second kappa shape index (κ2) is 27.6. The number of hydrogen-bond donors (Lipinski definition) is 14. The normalized spacial score (nSPS) is 13.8. The number of amides is 6. The van der Waals surface area contributed by atoms with Gasteiger partial charge in [0.1, 0.15) is 30.2 Å². The molecular weight excluding hydrogens is 778 g/mol. The maximum atomic E-state index is 13.7. The summed E-state index contributed by atoms with van der Waals surface area (Å²) in [5, 5.41) is 39.6. The first-order chi connectivity index (χ1) is 26.7. The van der Waals surface area contributed by atoms with Gasteiger partial charge in [-0.3, -0.25) is 48.3 Å². The van der Waals surface area contributed by atoms with E-state index in [2.05, 4.69) is 36.6 Å². The van der Waals surface area contributed by atoms with Crippen molar-refractivity contribution in [2.45, 2.75) is 100 Å². The van der Waals surface area contributed by atoms with Crippen molar-refractivity contribution in [3.05, 3.63) is 0 Å². The number of carboxylic acids is 3. The van der Waals surface area contributed by atoms with Gasteiger partial charge in [0.05, 0.1) is 12.5 Å². The molecule has 57 heavy (non-hydrogen) atoms. The summed E-state index contributed by atoms with van der Waals surface area (Å²) >= 11 is 1.26. The molecule has 26 heteroatoms. The number of carbonyl (C=O) groups is 9. The average molecular weight is 834 g/mol. The number of aliphatic carboxylic acids is 3. The summed E-state index contributed by atoms with van der Waals surface area (Å²) in [6.45, 7) is 0.0804. The summed E-state index contributed by atoms with van der Waals surface area (Å²) in [7, 11) is 0. The van der Waals surface area contributed by atoms with Crippen LogP contribution in [0.2, 0.25) is 0 Å². The van der Waals surface area contributed by atoms with Crippen molar-refractivity contribution in [1.82, 2.24) is 26.6 Å². The molecule has 0 aliphatic heterocycles. The highest BCUT2D eigenvalue weighted by atomic mass is 32.2. The van der Waals surface area contributed by atoms with E-state index in [-0.39, 0.29) is 69.3 Å². The molecule has 0 fully saturated rings. The molecule has 0 aliphatic carbocycles. The minimum Gasteiger partial charge on any atom is -0.481 e. The molecule has 0 aromatic carbocycles. The predicted octanol–water partition coefficient (Wildman–Crippen LogP) is -5.71. The molecule has 6 atom stereocenters. The zero-order valence-corrected chi connectivity index (χ0v) is 32.3. The molecule has 0 unspecified atom stereocenters. The standard InChI is InChI=1S/C31H55N13O12S/c1-57-13-10-18(42-28(54)20(14-23(48)49)44-24(50)15(32)6-9-22(46)47)27(53)41-17(7-8-21(33)45)26(52)40-16(4-2-11-38-30(34)35)25(51)43-19(29(55)56)5-3-12-39-31(36)37/h15-20H,2-14,32H2,1H3,(H2,33,45)(H,40,52)(H,41,53)(H,42,54)(H,43,51)(H,44,50)(H,46,47)(H,48,49)(H,55,56)(H4,34,35,38)(H4,36,37,39)/t15-,16-,17-,18-,19-,20-/m0/s1. The van der Waals surface area contributed by atoms with E-state index in [0.29, 0.717) is 0 Å². The van der Waals surface area contributed by atoms with Crippen molar-refractivity contribution < 1.29 is 58.5 Å². The van der Waals surface area contributed by atoms with Crippen LogP contribution in [0.4, 0.5) is 0 Å². The van der Waals surface area contributed by atoms with E-state index in [9.17, 15) is 53.4 Å². The zero-order valence-electron chi connectivity index (χ0n) is 31.4. The molecule has 0 rings (SSSR count). The van der Waals surface area contributed by atoms with E-state index in [0.717, 1.165) is 0 Å². The lowest BCUT2D eigenvalue weighted by Crippen LogP contribution is -2.59. The topological polar surface area (TPSA) is 455 Å². The molecule has 0 spiro atoms. The lowest BCUT2D eigenvalue weighted by molar-refractivity contribution is -0.143. The zero-order chi connectivity index (χ0) is 43.7. The first-order valence-electron chi connectivity index (χ1n) is 17.5. The lowest BCUT2D eigenvalue weighted by Gasteiger charge is -2.27. The Labute approximate surface area is 331 Å². The van der Waals surface area contributed by atoms with Crippen LogP contribution in [0.1, 0.15) is 64.2 Å². The number of carbonyl (C=O) groups excluding carboxylic acids is 6. The molecule has 0 heterocycles. The minimum atomic E-state index is -1.76. The average Bonchev–Trinajstić information content (AvgIpc) is 3.11. The number of thioether (sulfide) groups is 1. The number of hydrogen-bond acceptors (Lipinski definition) is 13. The van der Waals surface area contributed by atoms with Gasteiger partial charge in [0.2, 0.25) is 35.4 Å². The van der Waals surface area contributed by atoms with Gasteiger partial charge in [-0.05, 0) is 57.0 Å². The Morgan fingerprint density at radius 3 is 1.39 bits per heavy atom. The van der Waals surface area contributed by atoms with Crippen LogP contribution in [0.3, 0.4) is 0 Å². The molecular formula is C31H55N13O12S. The molecule has 0 bridgehead atoms. The van der Waals surface area contributed by atoms with Crippen molar-refractivity contribution in [2.24, 2.45) is 44.4 Å². The molecule has 0 aromatic heterocycles. The predicted molar refractivity (Wildman–Crippen MR) is 206 cm³/mol. The second-order valence-electron chi connectivity index (χ2n) is 12.5. The first-order valence-corrected chi connectivity index (χ1v) is 18.9. The third kappa shape index (κ3) is 23.6. The van der Waals surface area contributed by atoms with Crippen molar-refractivity contribution in [3.63, 3.8) is 0 Å². The molecule has 0 saturated heterocycles. The molecule has 25 nitrogen and oxygen atoms in total. The second-order valence-corrected chi connectivity index (χ2v) is 13.5. The van der Waals surface area contributed by atoms with Gasteiger partial charge in [0.25, 0.3) is 0 Å². The van der Waals surface area contributed by atoms with E-state index >= 15 is 0 Å². The number of nitrogens with zero attached hydrogens (tertiary/aromatic N) is 2. The Balaban J connectivity index is 6.34. The third-order valence-electron chi connectivity index (χ3n) is 7.71. The Morgan fingerprint density at radius 1 is 0.544 bits per heavy atom. The van der Waals surface area contributed by atoms with Crippen molar-refractivity contribution in [1.29, 1.82) is 0 Å². The highest BCUT2D eigenvalue weighted by Gasteiger charge is 2.33. The maximum absolute atomic E-state index is 13.7. The van der Waals surface area contributed by atoms with Gasteiger partial charge in [0, 0.05) is 25.9 Å². The minimum absolute atomic E-state index is 0.0130. The third-order valence-corrected chi connectivity index (χ3v) is 8.36. The Morgan fingerprint density at radius 2 is 0.965 bits per heavy atom. The van der Waals surface area contributed by atoms with Crippen LogP contribution < -0.4 is 61.0 Å². The number of aliphatic imine (C=N–C) groups is 2. The summed E-state index contributed by atoms with van der Waals surface area (Å²) in [4.78, 5) is 120. The van der Waals surface area contributed by atoms with Crippen molar-refractivity contribution in [3.8, 4) is 0 Å². The molecule has 20 N–H and O–H groups in total. The fourth-order valence-corrected chi connectivity index (χ4v) is 5.23. The number of guanidine groups is 2. The van der Waals surface area contributed by atoms with Crippen LogP contribution in [-0.2, 0) is 43.2 Å². The first kappa shape index (κ1) is 51.1. The molecule has 0 aromatic rings. The van der Waals surface area contributed by atoms with Crippen LogP contribution >= 0.6 is 11.8 Å². The number of nitrogens with two attached hydrogens (primary N) is 6. The molecule has 0 radical (unpaired) electrons. The van der Waals surface area contributed by atoms with Gasteiger partial charge in [-0.1, -0.05) is 0 Å². The van der Waals surface area contributed by atoms with Crippen LogP contribution in [0.5, 0.6) is 0 Å². The van der Waals surface area contributed by atoms with Crippen molar-refractivity contribution >= 4 is 77.0 Å². The fourth-order valence-electron chi connectivity index (χ4n) is 4.76. The van der Waals surface area contributed by atoms with Gasteiger partial charge in [-0.15, -0.1) is 0 Å². The van der Waals surface area contributed by atoms with Crippen LogP contribution in [0.15, 0.2) is 9.98 Å². The van der Waals surface area contributed by atoms with E-state index in [1.807, 2.05) is 0 Å². The van der Waals surface area contributed by atoms with E-state index in [4.69, 9.17) is 39.5 Å². The highest BCUT2D eigenvalue weighted by molar-refractivity contribution is 7.98. The number of primary amides is 1. The fraction of sp³-hybridized carbons (Fsp3) is 0.645. The smallest absolute Gasteiger partial charge is 0.326 e. The largest absolute Gasteiger partial charge is 0.481 e. The van der Waals surface area contributed by atoms with Gasteiger partial charge in [0.15, 0.2) is 11.9 Å². The summed E-state index contributed by atoms with van der Waals surface area (Å²) in [6, 6.07) is -9.03. The Hall–Kier alpha value is -5.92.